The standard InChI is InChI=1S/C3H3N3.2K.2H/c1-4-2-6-3-5-1;;;;/h1-3H;;;;. The molecule has 0 aromatic carbocycles. The Morgan fingerprint density at radius 3 is 1.00 bits per heavy atom. The van der Waals surface area contributed by atoms with Gasteiger partial charge in [-0.1, -0.05) is 0 Å². The Balaban J connectivity index is 0. The van der Waals surface area contributed by atoms with Crippen molar-refractivity contribution in [1.29, 1.82) is 0 Å². The normalized spacial score (nSPS) is 6.00. The molecule has 0 fully saturated rings. The third-order valence-corrected chi connectivity index (χ3v) is 0.400. The summed E-state index contributed by atoms with van der Waals surface area (Å²) in [7, 11) is 0. The van der Waals surface area contributed by atoms with Crippen molar-refractivity contribution in [3.8, 4) is 0 Å². The zero-order chi connectivity index (χ0) is 4.24. The summed E-state index contributed by atoms with van der Waals surface area (Å²) in [6.07, 6.45) is 4.31. The average molecular weight is 161 g/mol. The number of rotatable bonds is 0. The molecule has 3 nitrogen and oxygen atoms in total. The summed E-state index contributed by atoms with van der Waals surface area (Å²) >= 11 is 0. The minimum Gasteiger partial charge on any atom is -0.225 e. The number of nitrogens with zero attached hydrogens (tertiary/aromatic N) is 3. The quantitative estimate of drug-likeness (QED) is 0.438. The van der Waals surface area contributed by atoms with E-state index in [9.17, 15) is 0 Å². The van der Waals surface area contributed by atoms with Gasteiger partial charge in [-0.2, -0.15) is 0 Å². The molecular weight excluding hydrogens is 156 g/mol. The van der Waals surface area contributed by atoms with Crippen LogP contribution in [0.3, 0.4) is 0 Å². The van der Waals surface area contributed by atoms with Crippen LogP contribution in [-0.4, -0.2) is 118 Å². The van der Waals surface area contributed by atoms with Gasteiger partial charge in [0.1, 0.15) is 19.0 Å². The molecule has 0 N–H and O–H groups in total. The van der Waals surface area contributed by atoms with Crippen molar-refractivity contribution >= 4 is 103 Å². The van der Waals surface area contributed by atoms with Gasteiger partial charge in [-0.15, -0.1) is 0 Å². The molecule has 0 aliphatic rings. The van der Waals surface area contributed by atoms with Crippen LogP contribution >= 0.6 is 0 Å². The summed E-state index contributed by atoms with van der Waals surface area (Å²) in [6, 6.07) is 0. The summed E-state index contributed by atoms with van der Waals surface area (Å²) in [4.78, 5) is 10.7. The van der Waals surface area contributed by atoms with E-state index in [1.54, 1.807) is 0 Å². The van der Waals surface area contributed by atoms with Gasteiger partial charge >= 0.3 is 103 Å². The minimum absolute atomic E-state index is 0. The molecule has 1 aromatic rings. The van der Waals surface area contributed by atoms with Gasteiger partial charge in [0.25, 0.3) is 0 Å². The molecule has 0 radical (unpaired) electrons. The van der Waals surface area contributed by atoms with E-state index in [1.165, 1.54) is 19.0 Å². The van der Waals surface area contributed by atoms with Crippen LogP contribution < -0.4 is 0 Å². The van der Waals surface area contributed by atoms with E-state index in [-0.39, 0.29) is 103 Å². The monoisotopic (exact) mass is 161 g/mol. The van der Waals surface area contributed by atoms with Crippen molar-refractivity contribution < 1.29 is 0 Å². The molecule has 0 aliphatic carbocycles. The van der Waals surface area contributed by atoms with Gasteiger partial charge in [-0.05, 0) is 0 Å². The van der Waals surface area contributed by atoms with Crippen LogP contribution in [-0.2, 0) is 0 Å². The van der Waals surface area contributed by atoms with E-state index < -0.39 is 0 Å². The first-order valence-corrected chi connectivity index (χ1v) is 1.55. The van der Waals surface area contributed by atoms with E-state index in [0.717, 1.165) is 0 Å². The van der Waals surface area contributed by atoms with Crippen molar-refractivity contribution in [2.24, 2.45) is 0 Å². The summed E-state index contributed by atoms with van der Waals surface area (Å²) < 4.78 is 0. The third-order valence-electron chi connectivity index (χ3n) is 0.400. The molecule has 0 aliphatic heterocycles. The van der Waals surface area contributed by atoms with Crippen LogP contribution in [0.15, 0.2) is 19.0 Å². The smallest absolute Gasteiger partial charge is 0.119 e. The van der Waals surface area contributed by atoms with Crippen molar-refractivity contribution in [3.05, 3.63) is 19.0 Å². The molecule has 0 atom stereocenters. The Labute approximate surface area is 133 Å². The first kappa shape index (κ1) is 12.9. The van der Waals surface area contributed by atoms with Crippen LogP contribution in [0, 0.1) is 0 Å². The summed E-state index contributed by atoms with van der Waals surface area (Å²) in [5.74, 6) is 0. The van der Waals surface area contributed by atoms with E-state index in [4.69, 9.17) is 0 Å². The summed E-state index contributed by atoms with van der Waals surface area (Å²) in [5, 5.41) is 0. The van der Waals surface area contributed by atoms with E-state index in [0.29, 0.717) is 0 Å². The van der Waals surface area contributed by atoms with Gasteiger partial charge in [-0.3, -0.25) is 0 Å². The van der Waals surface area contributed by atoms with Crippen LogP contribution in [0.25, 0.3) is 0 Å². The maximum Gasteiger partial charge on any atom is 0.119 e. The van der Waals surface area contributed by atoms with E-state index in [2.05, 4.69) is 15.0 Å². The van der Waals surface area contributed by atoms with Crippen molar-refractivity contribution in [2.45, 2.75) is 0 Å². The molecule has 0 bridgehead atoms. The topological polar surface area (TPSA) is 38.7 Å². The molecule has 0 unspecified atom stereocenters. The second-order valence-corrected chi connectivity index (χ2v) is 0.794. The van der Waals surface area contributed by atoms with Crippen LogP contribution in [0.2, 0.25) is 0 Å². The SMILES string of the molecule is [KH].[KH].c1ncncn1. The predicted molar refractivity (Wildman–Crippen MR) is 34.1 cm³/mol. The minimum atomic E-state index is 0. The summed E-state index contributed by atoms with van der Waals surface area (Å²) in [5.41, 5.74) is 0. The molecular formula is C3H5K2N3. The molecule has 8 heavy (non-hydrogen) atoms. The number of aromatic nitrogens is 3. The van der Waals surface area contributed by atoms with Gasteiger partial charge in [-0.25, -0.2) is 15.0 Å². The fourth-order valence-corrected chi connectivity index (χ4v) is 0.205. The molecule has 1 heterocycles. The zero-order valence-corrected chi connectivity index (χ0v) is 3.07. The van der Waals surface area contributed by atoms with Crippen molar-refractivity contribution in [1.82, 2.24) is 15.0 Å². The first-order chi connectivity index (χ1) is 3.00. The average Bonchev–Trinajstić information content (AvgIpc) is 1.72. The van der Waals surface area contributed by atoms with E-state index >= 15 is 0 Å². The predicted octanol–water partition coefficient (Wildman–Crippen LogP) is -1.43. The molecule has 0 spiro atoms. The van der Waals surface area contributed by atoms with Crippen molar-refractivity contribution in [2.75, 3.05) is 0 Å². The fraction of sp³-hybridized carbons (Fsp3) is 0. The zero-order valence-electron chi connectivity index (χ0n) is 3.07. The Morgan fingerprint density at radius 1 is 0.625 bits per heavy atom. The Morgan fingerprint density at radius 2 is 0.875 bits per heavy atom. The maximum absolute atomic E-state index is 3.56. The van der Waals surface area contributed by atoms with Gasteiger partial charge in [0.2, 0.25) is 0 Å². The van der Waals surface area contributed by atoms with Gasteiger partial charge in [0.15, 0.2) is 0 Å². The second kappa shape index (κ2) is 9.28. The molecule has 1 aromatic heterocycles. The maximum atomic E-state index is 3.56. The molecule has 0 saturated heterocycles. The number of hydrogen-bond acceptors (Lipinski definition) is 3. The molecule has 0 saturated carbocycles. The third kappa shape index (κ3) is 6.40. The van der Waals surface area contributed by atoms with E-state index in [1.807, 2.05) is 0 Å². The van der Waals surface area contributed by atoms with Gasteiger partial charge in [0.05, 0.1) is 0 Å². The molecule has 0 amide bonds. The Kier molecular flexibility index (Phi) is 15.0. The van der Waals surface area contributed by atoms with Gasteiger partial charge < -0.3 is 0 Å². The first-order valence-electron chi connectivity index (χ1n) is 1.55. The molecule has 1 rings (SSSR count). The van der Waals surface area contributed by atoms with Crippen LogP contribution in [0.4, 0.5) is 0 Å². The van der Waals surface area contributed by atoms with Crippen LogP contribution in [0.5, 0.6) is 0 Å². The van der Waals surface area contributed by atoms with Gasteiger partial charge in [0, 0.05) is 0 Å². The largest absolute Gasteiger partial charge is 0.225 e. The molecule has 34 valence electrons. The summed E-state index contributed by atoms with van der Waals surface area (Å²) in [6.45, 7) is 0. The Hall–Kier alpha value is 2.28. The van der Waals surface area contributed by atoms with Crippen molar-refractivity contribution in [3.63, 3.8) is 0 Å². The Bertz CT molecular complexity index is 84.5. The second-order valence-electron chi connectivity index (χ2n) is 0.794. The van der Waals surface area contributed by atoms with Crippen LogP contribution in [0.1, 0.15) is 0 Å². The number of hydrogen-bond donors (Lipinski definition) is 0. The fourth-order valence-electron chi connectivity index (χ4n) is 0.205. The molecule has 5 heteroatoms.